The van der Waals surface area contributed by atoms with Crippen LogP contribution in [0.1, 0.15) is 6.92 Å². The van der Waals surface area contributed by atoms with E-state index in [0.29, 0.717) is 6.54 Å². The normalized spacial score (nSPS) is 27.7. The highest BCUT2D eigenvalue weighted by Gasteiger charge is 2.22. The Morgan fingerprint density at radius 2 is 2.36 bits per heavy atom. The molecule has 1 saturated heterocycles. The first-order chi connectivity index (χ1) is 6.75. The second-order valence-corrected chi connectivity index (χ2v) is 3.58. The Balaban J connectivity index is 2.11. The summed E-state index contributed by atoms with van der Waals surface area (Å²) in [5, 5.41) is 0. The third kappa shape index (κ3) is 2.02. The smallest absolute Gasteiger partial charge is 0.128 e. The number of nitrogens with two attached hydrogens (primary N) is 1. The Labute approximate surface area is 83.7 Å². The van der Waals surface area contributed by atoms with Crippen molar-refractivity contribution in [1.82, 2.24) is 4.98 Å². The van der Waals surface area contributed by atoms with Gasteiger partial charge < -0.3 is 15.4 Å². The summed E-state index contributed by atoms with van der Waals surface area (Å²) in [6.07, 6.45) is 1.75. The predicted molar refractivity (Wildman–Crippen MR) is 55.0 cm³/mol. The van der Waals surface area contributed by atoms with E-state index < -0.39 is 0 Å². The maximum Gasteiger partial charge on any atom is 0.128 e. The molecule has 0 radical (unpaired) electrons. The van der Waals surface area contributed by atoms with Crippen molar-refractivity contribution in [2.75, 3.05) is 18.0 Å². The van der Waals surface area contributed by atoms with Gasteiger partial charge in [0, 0.05) is 12.7 Å². The number of hydrogen-bond acceptors (Lipinski definition) is 4. The molecule has 76 valence electrons. The van der Waals surface area contributed by atoms with Crippen molar-refractivity contribution in [2.24, 2.45) is 5.73 Å². The average molecular weight is 193 g/mol. The SMILES string of the molecule is CC1CN(c2ccccn2)CC(N)O1. The van der Waals surface area contributed by atoms with Gasteiger partial charge in [0.25, 0.3) is 0 Å². The van der Waals surface area contributed by atoms with Crippen LogP contribution in [0.3, 0.4) is 0 Å². The summed E-state index contributed by atoms with van der Waals surface area (Å²) < 4.78 is 5.45. The van der Waals surface area contributed by atoms with Gasteiger partial charge in [-0.05, 0) is 19.1 Å². The van der Waals surface area contributed by atoms with Crippen LogP contribution < -0.4 is 10.6 Å². The largest absolute Gasteiger partial charge is 0.357 e. The number of anilines is 1. The van der Waals surface area contributed by atoms with Crippen LogP contribution in [0.15, 0.2) is 24.4 Å². The molecule has 2 N–H and O–H groups in total. The first-order valence-corrected chi connectivity index (χ1v) is 4.83. The zero-order valence-corrected chi connectivity index (χ0v) is 8.26. The topological polar surface area (TPSA) is 51.4 Å². The van der Waals surface area contributed by atoms with Crippen LogP contribution in [0.2, 0.25) is 0 Å². The van der Waals surface area contributed by atoms with E-state index >= 15 is 0 Å². The zero-order valence-electron chi connectivity index (χ0n) is 8.26. The van der Waals surface area contributed by atoms with E-state index in [0.717, 1.165) is 12.4 Å². The number of aromatic nitrogens is 1. The average Bonchev–Trinajstić information content (AvgIpc) is 2.18. The van der Waals surface area contributed by atoms with Gasteiger partial charge in [-0.1, -0.05) is 6.07 Å². The monoisotopic (exact) mass is 193 g/mol. The molecule has 2 atom stereocenters. The Hall–Kier alpha value is -1.13. The van der Waals surface area contributed by atoms with E-state index in [1.165, 1.54) is 0 Å². The molecule has 2 heterocycles. The lowest BCUT2D eigenvalue weighted by Crippen LogP contribution is -2.50. The zero-order chi connectivity index (χ0) is 9.97. The molecule has 0 bridgehead atoms. The van der Waals surface area contributed by atoms with Crippen molar-refractivity contribution in [2.45, 2.75) is 19.3 Å². The molecule has 1 aliphatic heterocycles. The number of morpholine rings is 1. The predicted octanol–water partition coefficient (Wildman–Crippen LogP) is 0.592. The molecule has 1 aromatic rings. The van der Waals surface area contributed by atoms with Crippen LogP contribution in [0, 0.1) is 0 Å². The molecular formula is C10H15N3O. The fraction of sp³-hybridized carbons (Fsp3) is 0.500. The van der Waals surface area contributed by atoms with E-state index in [9.17, 15) is 0 Å². The van der Waals surface area contributed by atoms with Crippen molar-refractivity contribution < 1.29 is 4.74 Å². The molecule has 0 amide bonds. The lowest BCUT2D eigenvalue weighted by Gasteiger charge is -2.35. The van der Waals surface area contributed by atoms with E-state index in [4.69, 9.17) is 10.5 Å². The molecule has 1 fully saturated rings. The van der Waals surface area contributed by atoms with Crippen LogP contribution in [-0.4, -0.2) is 30.4 Å². The minimum Gasteiger partial charge on any atom is -0.357 e. The molecule has 0 saturated carbocycles. The highest BCUT2D eigenvalue weighted by atomic mass is 16.5. The summed E-state index contributed by atoms with van der Waals surface area (Å²) in [6, 6.07) is 5.88. The number of ether oxygens (including phenoxy) is 1. The third-order valence-electron chi connectivity index (χ3n) is 2.26. The quantitative estimate of drug-likeness (QED) is 0.709. The molecule has 4 nitrogen and oxygen atoms in total. The summed E-state index contributed by atoms with van der Waals surface area (Å²) in [5.74, 6) is 0.970. The van der Waals surface area contributed by atoms with E-state index in [1.807, 2.05) is 25.1 Å². The molecule has 0 aromatic carbocycles. The summed E-state index contributed by atoms with van der Waals surface area (Å²) in [4.78, 5) is 6.44. The molecule has 4 heteroatoms. The molecule has 1 aliphatic rings. The van der Waals surface area contributed by atoms with Gasteiger partial charge in [0.1, 0.15) is 12.0 Å². The van der Waals surface area contributed by atoms with Crippen LogP contribution in [-0.2, 0) is 4.74 Å². The minimum absolute atomic E-state index is 0.167. The maximum atomic E-state index is 5.76. The number of rotatable bonds is 1. The van der Waals surface area contributed by atoms with Crippen LogP contribution in [0.25, 0.3) is 0 Å². The molecule has 1 aromatic heterocycles. The Morgan fingerprint density at radius 1 is 1.50 bits per heavy atom. The number of pyridine rings is 1. The van der Waals surface area contributed by atoms with Crippen molar-refractivity contribution in [3.8, 4) is 0 Å². The van der Waals surface area contributed by atoms with Crippen LogP contribution >= 0.6 is 0 Å². The first-order valence-electron chi connectivity index (χ1n) is 4.83. The lowest BCUT2D eigenvalue weighted by atomic mass is 10.2. The number of hydrogen-bond donors (Lipinski definition) is 1. The number of nitrogens with zero attached hydrogens (tertiary/aromatic N) is 2. The molecule has 2 rings (SSSR count). The molecule has 0 spiro atoms. The van der Waals surface area contributed by atoms with Gasteiger partial charge in [0.05, 0.1) is 12.6 Å². The van der Waals surface area contributed by atoms with Gasteiger partial charge in [-0.25, -0.2) is 4.98 Å². The third-order valence-corrected chi connectivity index (χ3v) is 2.26. The summed E-state index contributed by atoms with van der Waals surface area (Å²) in [7, 11) is 0. The molecular weight excluding hydrogens is 178 g/mol. The van der Waals surface area contributed by atoms with Gasteiger partial charge in [0.15, 0.2) is 0 Å². The Kier molecular flexibility index (Phi) is 2.65. The van der Waals surface area contributed by atoms with Gasteiger partial charge in [-0.3, -0.25) is 0 Å². The molecule has 2 unspecified atom stereocenters. The Bertz CT molecular complexity index is 281. The highest BCUT2D eigenvalue weighted by molar-refractivity contribution is 5.38. The maximum absolute atomic E-state index is 5.76. The van der Waals surface area contributed by atoms with Gasteiger partial charge in [-0.15, -0.1) is 0 Å². The first kappa shape index (κ1) is 9.43. The van der Waals surface area contributed by atoms with Crippen LogP contribution in [0.5, 0.6) is 0 Å². The van der Waals surface area contributed by atoms with Crippen molar-refractivity contribution in [3.63, 3.8) is 0 Å². The highest BCUT2D eigenvalue weighted by Crippen LogP contribution is 2.15. The van der Waals surface area contributed by atoms with Crippen molar-refractivity contribution >= 4 is 5.82 Å². The lowest BCUT2D eigenvalue weighted by molar-refractivity contribution is -0.0121. The van der Waals surface area contributed by atoms with Gasteiger partial charge in [0.2, 0.25) is 0 Å². The standard InChI is InChI=1S/C10H15N3O/c1-8-6-13(7-9(11)14-8)10-4-2-3-5-12-10/h2-5,8-9H,6-7,11H2,1H3. The van der Waals surface area contributed by atoms with E-state index in [1.54, 1.807) is 6.20 Å². The van der Waals surface area contributed by atoms with E-state index in [-0.39, 0.29) is 12.3 Å². The fourth-order valence-electron chi connectivity index (χ4n) is 1.71. The van der Waals surface area contributed by atoms with Gasteiger partial charge in [-0.2, -0.15) is 0 Å². The van der Waals surface area contributed by atoms with Crippen molar-refractivity contribution in [3.05, 3.63) is 24.4 Å². The summed E-state index contributed by atoms with van der Waals surface area (Å²) in [6.45, 7) is 3.58. The second-order valence-electron chi connectivity index (χ2n) is 3.58. The summed E-state index contributed by atoms with van der Waals surface area (Å²) in [5.41, 5.74) is 5.76. The Morgan fingerprint density at radius 3 is 3.00 bits per heavy atom. The van der Waals surface area contributed by atoms with E-state index in [2.05, 4.69) is 9.88 Å². The van der Waals surface area contributed by atoms with Crippen molar-refractivity contribution in [1.29, 1.82) is 0 Å². The van der Waals surface area contributed by atoms with Gasteiger partial charge >= 0.3 is 0 Å². The fourth-order valence-corrected chi connectivity index (χ4v) is 1.71. The summed E-state index contributed by atoms with van der Waals surface area (Å²) >= 11 is 0. The second kappa shape index (κ2) is 3.94. The minimum atomic E-state index is -0.208. The van der Waals surface area contributed by atoms with Crippen LogP contribution in [0.4, 0.5) is 5.82 Å². The molecule has 14 heavy (non-hydrogen) atoms. The molecule has 0 aliphatic carbocycles.